The minimum absolute atomic E-state index is 0.186. The minimum atomic E-state index is -1.85. The normalized spacial score (nSPS) is 28.3. The summed E-state index contributed by atoms with van der Waals surface area (Å²) in [6, 6.07) is 10.1. The van der Waals surface area contributed by atoms with Gasteiger partial charge in [0.05, 0.1) is 30.0 Å². The molecule has 0 amide bonds. The van der Waals surface area contributed by atoms with E-state index in [0.29, 0.717) is 19.4 Å². The second kappa shape index (κ2) is 11.7. The Hall–Kier alpha value is -1.31. The molecule has 0 unspecified atom stereocenters. The SMILES string of the molecule is CC(C)=CCC[C@@]1(C)O[C@@](C)(CC=O)[C@H](O[Si](C)(C)C)C[C@@H]1OCOCc1ccccc1. The highest BCUT2D eigenvalue weighted by atomic mass is 28.4. The van der Waals surface area contributed by atoms with Gasteiger partial charge in [-0.25, -0.2) is 0 Å². The molecule has 0 aromatic heterocycles. The topological polar surface area (TPSA) is 54.0 Å². The highest BCUT2D eigenvalue weighted by molar-refractivity contribution is 6.69. The lowest BCUT2D eigenvalue weighted by atomic mass is 9.79. The fraction of sp³-hybridized carbons (Fsp3) is 0.654. The van der Waals surface area contributed by atoms with Crippen LogP contribution < -0.4 is 0 Å². The van der Waals surface area contributed by atoms with Gasteiger partial charge in [-0.2, -0.15) is 0 Å². The van der Waals surface area contributed by atoms with E-state index in [1.54, 1.807) is 0 Å². The minimum Gasteiger partial charge on any atom is -0.412 e. The molecule has 2 rings (SSSR count). The lowest BCUT2D eigenvalue weighted by molar-refractivity contribution is -0.282. The molecule has 0 saturated carbocycles. The van der Waals surface area contributed by atoms with E-state index in [9.17, 15) is 4.79 Å². The van der Waals surface area contributed by atoms with Crippen molar-refractivity contribution >= 4 is 14.6 Å². The molecule has 6 heteroatoms. The fourth-order valence-electron chi connectivity index (χ4n) is 4.26. The largest absolute Gasteiger partial charge is 0.412 e. The van der Waals surface area contributed by atoms with E-state index in [-0.39, 0.29) is 19.0 Å². The molecule has 1 aromatic carbocycles. The van der Waals surface area contributed by atoms with Gasteiger partial charge < -0.3 is 23.4 Å². The predicted molar refractivity (Wildman–Crippen MR) is 131 cm³/mol. The Morgan fingerprint density at radius 1 is 1.12 bits per heavy atom. The molecule has 1 fully saturated rings. The first-order valence-electron chi connectivity index (χ1n) is 11.7. The van der Waals surface area contributed by atoms with Crippen molar-refractivity contribution in [3.63, 3.8) is 0 Å². The maximum atomic E-state index is 11.5. The summed E-state index contributed by atoms with van der Waals surface area (Å²) in [5.41, 5.74) is 1.18. The van der Waals surface area contributed by atoms with Crippen LogP contribution in [0.1, 0.15) is 58.9 Å². The molecule has 0 N–H and O–H groups in total. The third kappa shape index (κ3) is 8.23. The average Bonchev–Trinajstić information content (AvgIpc) is 2.68. The van der Waals surface area contributed by atoms with Crippen LogP contribution in [-0.4, -0.2) is 44.8 Å². The molecular weight excluding hydrogens is 420 g/mol. The summed E-state index contributed by atoms with van der Waals surface area (Å²) in [5, 5.41) is 0. The molecule has 0 aliphatic carbocycles. The Morgan fingerprint density at radius 2 is 1.81 bits per heavy atom. The molecule has 0 bridgehead atoms. The van der Waals surface area contributed by atoms with E-state index in [0.717, 1.165) is 24.7 Å². The van der Waals surface area contributed by atoms with Gasteiger partial charge in [-0.3, -0.25) is 0 Å². The van der Waals surface area contributed by atoms with Crippen molar-refractivity contribution in [1.82, 2.24) is 0 Å². The summed E-state index contributed by atoms with van der Waals surface area (Å²) in [5.74, 6) is 0. The van der Waals surface area contributed by atoms with Gasteiger partial charge in [0.2, 0.25) is 0 Å². The molecule has 1 heterocycles. The molecule has 1 aliphatic heterocycles. The standard InChI is InChI=1S/C26H42O5Si/c1-21(2)12-11-15-25(3)23(29-20-28-19-22-13-9-8-10-14-22)18-24(30-32(5,6)7)26(4,31-25)16-17-27/h8-10,12-14,17,23-24H,11,15-16,18-20H2,1-7H3/t23-,24+,25+,26-/m0/s1. The number of allylic oxidation sites excluding steroid dienone is 2. The smallest absolute Gasteiger partial charge is 0.184 e. The van der Waals surface area contributed by atoms with Crippen LogP contribution in [0.3, 0.4) is 0 Å². The average molecular weight is 463 g/mol. The number of carbonyl (C=O) groups is 1. The van der Waals surface area contributed by atoms with E-state index in [4.69, 9.17) is 18.6 Å². The second-order valence-electron chi connectivity index (χ2n) is 10.5. The van der Waals surface area contributed by atoms with Crippen molar-refractivity contribution in [2.24, 2.45) is 0 Å². The molecular formula is C26H42O5Si. The number of rotatable bonds is 12. The maximum Gasteiger partial charge on any atom is 0.184 e. The van der Waals surface area contributed by atoms with Crippen LogP contribution in [-0.2, 0) is 30.0 Å². The first kappa shape index (κ1) is 26.9. The van der Waals surface area contributed by atoms with Gasteiger partial charge in [0.15, 0.2) is 8.32 Å². The first-order chi connectivity index (χ1) is 15.0. The summed E-state index contributed by atoms with van der Waals surface area (Å²) in [6.45, 7) is 15.5. The molecule has 1 saturated heterocycles. The molecule has 180 valence electrons. The third-order valence-electron chi connectivity index (χ3n) is 5.90. The van der Waals surface area contributed by atoms with Gasteiger partial charge in [-0.05, 0) is 65.7 Å². The number of ether oxygens (including phenoxy) is 3. The van der Waals surface area contributed by atoms with Crippen molar-refractivity contribution < 1.29 is 23.4 Å². The Labute approximate surface area is 195 Å². The van der Waals surface area contributed by atoms with E-state index in [1.165, 1.54) is 5.57 Å². The highest BCUT2D eigenvalue weighted by Crippen LogP contribution is 2.43. The van der Waals surface area contributed by atoms with Crippen molar-refractivity contribution in [3.05, 3.63) is 47.5 Å². The lowest BCUT2D eigenvalue weighted by Crippen LogP contribution is -2.63. The van der Waals surface area contributed by atoms with E-state index >= 15 is 0 Å². The monoisotopic (exact) mass is 462 g/mol. The number of hydrogen-bond acceptors (Lipinski definition) is 5. The number of aldehydes is 1. The Balaban J connectivity index is 2.16. The number of benzene rings is 1. The van der Waals surface area contributed by atoms with E-state index < -0.39 is 19.5 Å². The zero-order chi connectivity index (χ0) is 23.8. The Kier molecular flexibility index (Phi) is 9.85. The van der Waals surface area contributed by atoms with Crippen LogP contribution in [0.15, 0.2) is 42.0 Å². The van der Waals surface area contributed by atoms with Crippen molar-refractivity contribution in [2.75, 3.05) is 6.79 Å². The Bertz CT molecular complexity index is 740. The first-order valence-corrected chi connectivity index (χ1v) is 15.1. The summed E-state index contributed by atoms with van der Waals surface area (Å²) >= 11 is 0. The molecule has 5 nitrogen and oxygen atoms in total. The van der Waals surface area contributed by atoms with Crippen LogP contribution in [0.5, 0.6) is 0 Å². The highest BCUT2D eigenvalue weighted by Gasteiger charge is 2.53. The van der Waals surface area contributed by atoms with Crippen molar-refractivity contribution in [2.45, 2.75) is 103 Å². The summed E-state index contributed by atoms with van der Waals surface area (Å²) in [7, 11) is -1.85. The number of carbonyl (C=O) groups excluding carboxylic acids is 1. The second-order valence-corrected chi connectivity index (χ2v) is 14.9. The third-order valence-corrected chi connectivity index (χ3v) is 6.89. The quantitative estimate of drug-likeness (QED) is 0.125. The van der Waals surface area contributed by atoms with E-state index in [2.05, 4.69) is 46.5 Å². The van der Waals surface area contributed by atoms with E-state index in [1.807, 2.05) is 37.3 Å². The predicted octanol–water partition coefficient (Wildman–Crippen LogP) is 6.04. The lowest BCUT2D eigenvalue weighted by Gasteiger charge is -2.54. The Morgan fingerprint density at radius 3 is 2.41 bits per heavy atom. The molecule has 0 radical (unpaired) electrons. The molecule has 1 aromatic rings. The molecule has 32 heavy (non-hydrogen) atoms. The van der Waals surface area contributed by atoms with Crippen LogP contribution in [0.25, 0.3) is 0 Å². The van der Waals surface area contributed by atoms with Crippen LogP contribution >= 0.6 is 0 Å². The number of hydrogen-bond donors (Lipinski definition) is 0. The van der Waals surface area contributed by atoms with Gasteiger partial charge in [0.25, 0.3) is 0 Å². The van der Waals surface area contributed by atoms with Gasteiger partial charge in [-0.1, -0.05) is 42.0 Å². The molecule has 4 atom stereocenters. The van der Waals surface area contributed by atoms with Gasteiger partial charge >= 0.3 is 0 Å². The van der Waals surface area contributed by atoms with Crippen molar-refractivity contribution in [3.8, 4) is 0 Å². The summed E-state index contributed by atoms with van der Waals surface area (Å²) < 4.78 is 25.3. The van der Waals surface area contributed by atoms with Gasteiger partial charge in [-0.15, -0.1) is 0 Å². The van der Waals surface area contributed by atoms with Crippen LogP contribution in [0.4, 0.5) is 0 Å². The van der Waals surface area contributed by atoms with Crippen LogP contribution in [0, 0.1) is 0 Å². The molecule has 0 spiro atoms. The summed E-state index contributed by atoms with van der Waals surface area (Å²) in [6.07, 6.45) is 5.45. The van der Waals surface area contributed by atoms with Crippen molar-refractivity contribution in [1.29, 1.82) is 0 Å². The fourth-order valence-corrected chi connectivity index (χ4v) is 5.46. The van der Waals surface area contributed by atoms with Crippen LogP contribution in [0.2, 0.25) is 19.6 Å². The van der Waals surface area contributed by atoms with Gasteiger partial charge in [0.1, 0.15) is 13.1 Å². The van der Waals surface area contributed by atoms with Gasteiger partial charge in [0, 0.05) is 12.8 Å². The molecule has 1 aliphatic rings. The maximum absolute atomic E-state index is 11.5. The summed E-state index contributed by atoms with van der Waals surface area (Å²) in [4.78, 5) is 11.5. The zero-order valence-electron chi connectivity index (χ0n) is 21.0. The zero-order valence-corrected chi connectivity index (χ0v) is 22.0.